The summed E-state index contributed by atoms with van der Waals surface area (Å²) in [6.07, 6.45) is 3.21. The van der Waals surface area contributed by atoms with Gasteiger partial charge in [-0.05, 0) is 53.7 Å². The molecule has 7 heteroatoms. The Kier molecular flexibility index (Phi) is 8.16. The number of hydrogen-bond acceptors (Lipinski definition) is 5. The molecule has 0 saturated carbocycles. The topological polar surface area (TPSA) is 79.5 Å². The Bertz CT molecular complexity index is 857. The fraction of sp³-hybridized carbons (Fsp3) is 0.391. The summed E-state index contributed by atoms with van der Waals surface area (Å²) in [7, 11) is 1.62. The fourth-order valence-corrected chi connectivity index (χ4v) is 3.94. The van der Waals surface area contributed by atoms with Gasteiger partial charge in [-0.2, -0.15) is 11.8 Å². The molecule has 0 saturated heterocycles. The number of fused-ring (bicyclic) bond motifs is 1. The third kappa shape index (κ3) is 6.00. The molecule has 160 valence electrons. The third-order valence-electron chi connectivity index (χ3n) is 5.27. The van der Waals surface area contributed by atoms with Crippen LogP contribution in [0.2, 0.25) is 0 Å². The summed E-state index contributed by atoms with van der Waals surface area (Å²) in [6.45, 7) is 1.07. The van der Waals surface area contributed by atoms with Crippen molar-refractivity contribution in [1.82, 2.24) is 16.0 Å². The zero-order valence-electron chi connectivity index (χ0n) is 17.4. The van der Waals surface area contributed by atoms with Gasteiger partial charge in [0.25, 0.3) is 0 Å². The van der Waals surface area contributed by atoms with Crippen LogP contribution in [0.25, 0.3) is 0 Å². The maximum absolute atomic E-state index is 12.9. The highest BCUT2D eigenvalue weighted by molar-refractivity contribution is 7.98. The van der Waals surface area contributed by atoms with Crippen LogP contribution in [-0.4, -0.2) is 43.0 Å². The summed E-state index contributed by atoms with van der Waals surface area (Å²) in [5, 5.41) is 9.19. The van der Waals surface area contributed by atoms with Crippen LogP contribution >= 0.6 is 11.8 Å². The Balaban J connectivity index is 1.57. The van der Waals surface area contributed by atoms with Gasteiger partial charge in [-0.1, -0.05) is 36.4 Å². The number of nitrogens with one attached hydrogen (secondary N) is 3. The third-order valence-corrected chi connectivity index (χ3v) is 5.91. The Morgan fingerprint density at radius 1 is 1.17 bits per heavy atom. The van der Waals surface area contributed by atoms with Gasteiger partial charge in [-0.25, -0.2) is 0 Å². The van der Waals surface area contributed by atoms with Crippen molar-refractivity contribution in [2.75, 3.05) is 19.1 Å². The van der Waals surface area contributed by atoms with Gasteiger partial charge in [0, 0.05) is 13.1 Å². The SMILES string of the molecule is COc1ccc(CNC(=O)[C@H](CCSC)NC(=O)[C@H]2Cc3ccccc3CN2)cc1. The number of methoxy groups -OCH3 is 1. The first-order chi connectivity index (χ1) is 14.6. The van der Waals surface area contributed by atoms with Crippen molar-refractivity contribution >= 4 is 23.6 Å². The highest BCUT2D eigenvalue weighted by atomic mass is 32.2. The summed E-state index contributed by atoms with van der Waals surface area (Å²) < 4.78 is 5.16. The molecule has 30 heavy (non-hydrogen) atoms. The first-order valence-corrected chi connectivity index (χ1v) is 11.5. The highest BCUT2D eigenvalue weighted by Crippen LogP contribution is 2.16. The molecule has 0 unspecified atom stereocenters. The molecule has 0 radical (unpaired) electrons. The first-order valence-electron chi connectivity index (χ1n) is 10.1. The van der Waals surface area contributed by atoms with Gasteiger partial charge in [0.15, 0.2) is 0 Å². The summed E-state index contributed by atoms with van der Waals surface area (Å²) in [5.41, 5.74) is 3.38. The van der Waals surface area contributed by atoms with E-state index in [0.29, 0.717) is 25.9 Å². The molecule has 0 aliphatic carbocycles. The van der Waals surface area contributed by atoms with Crippen molar-refractivity contribution in [2.24, 2.45) is 0 Å². The van der Waals surface area contributed by atoms with Crippen molar-refractivity contribution < 1.29 is 14.3 Å². The molecule has 3 rings (SSSR count). The number of benzene rings is 2. The fourth-order valence-electron chi connectivity index (χ4n) is 3.47. The van der Waals surface area contributed by atoms with E-state index in [-0.39, 0.29) is 17.9 Å². The van der Waals surface area contributed by atoms with Crippen LogP contribution in [0.5, 0.6) is 5.75 Å². The molecule has 1 aliphatic heterocycles. The molecule has 0 bridgehead atoms. The zero-order chi connectivity index (χ0) is 21.3. The Hall–Kier alpha value is -2.51. The number of ether oxygens (including phenoxy) is 1. The average Bonchev–Trinajstić information content (AvgIpc) is 2.80. The van der Waals surface area contributed by atoms with Crippen LogP contribution in [-0.2, 0) is 29.1 Å². The number of thioether (sulfide) groups is 1. The minimum Gasteiger partial charge on any atom is -0.497 e. The zero-order valence-corrected chi connectivity index (χ0v) is 18.3. The second-order valence-electron chi connectivity index (χ2n) is 7.31. The maximum atomic E-state index is 12.9. The molecule has 0 spiro atoms. The lowest BCUT2D eigenvalue weighted by Gasteiger charge is -2.27. The minimum absolute atomic E-state index is 0.129. The van der Waals surface area contributed by atoms with Crippen molar-refractivity contribution in [3.8, 4) is 5.75 Å². The molecular formula is C23H29N3O3S. The number of carbonyl (C=O) groups is 2. The molecule has 0 fully saturated rings. The summed E-state index contributed by atoms with van der Waals surface area (Å²) in [6, 6.07) is 14.8. The number of rotatable bonds is 9. The van der Waals surface area contributed by atoms with Gasteiger partial charge in [0.1, 0.15) is 11.8 Å². The first kappa shape index (κ1) is 22.2. The highest BCUT2D eigenvalue weighted by Gasteiger charge is 2.28. The second kappa shape index (κ2) is 11.0. The lowest BCUT2D eigenvalue weighted by atomic mass is 9.95. The van der Waals surface area contributed by atoms with E-state index in [2.05, 4.69) is 28.1 Å². The molecule has 2 aromatic carbocycles. The van der Waals surface area contributed by atoms with Gasteiger partial charge in [-0.3, -0.25) is 9.59 Å². The lowest BCUT2D eigenvalue weighted by Crippen LogP contribution is -2.54. The van der Waals surface area contributed by atoms with E-state index < -0.39 is 6.04 Å². The van der Waals surface area contributed by atoms with E-state index in [0.717, 1.165) is 17.1 Å². The quantitative estimate of drug-likeness (QED) is 0.572. The van der Waals surface area contributed by atoms with Crippen LogP contribution < -0.4 is 20.7 Å². The molecule has 1 heterocycles. The Morgan fingerprint density at radius 3 is 2.60 bits per heavy atom. The summed E-state index contributed by atoms with van der Waals surface area (Å²) in [4.78, 5) is 25.6. The smallest absolute Gasteiger partial charge is 0.242 e. The van der Waals surface area contributed by atoms with Crippen molar-refractivity contribution in [1.29, 1.82) is 0 Å². The predicted octanol–water partition coefficient (Wildman–Crippen LogP) is 2.26. The summed E-state index contributed by atoms with van der Waals surface area (Å²) in [5.74, 6) is 1.28. The molecule has 0 aromatic heterocycles. The maximum Gasteiger partial charge on any atom is 0.242 e. The number of amides is 2. The van der Waals surface area contributed by atoms with Crippen LogP contribution in [0.1, 0.15) is 23.1 Å². The van der Waals surface area contributed by atoms with E-state index in [1.54, 1.807) is 18.9 Å². The van der Waals surface area contributed by atoms with Gasteiger partial charge in [0.2, 0.25) is 11.8 Å². The largest absolute Gasteiger partial charge is 0.497 e. The predicted molar refractivity (Wildman–Crippen MR) is 121 cm³/mol. The lowest BCUT2D eigenvalue weighted by molar-refractivity contribution is -0.130. The van der Waals surface area contributed by atoms with E-state index in [1.807, 2.05) is 42.7 Å². The van der Waals surface area contributed by atoms with Gasteiger partial charge < -0.3 is 20.7 Å². The van der Waals surface area contributed by atoms with Crippen LogP contribution in [0.15, 0.2) is 48.5 Å². The number of carbonyl (C=O) groups excluding carboxylic acids is 2. The summed E-state index contributed by atoms with van der Waals surface area (Å²) >= 11 is 1.66. The van der Waals surface area contributed by atoms with Crippen LogP contribution in [0.4, 0.5) is 0 Å². The Labute approximate surface area is 182 Å². The molecule has 2 atom stereocenters. The van der Waals surface area contributed by atoms with Gasteiger partial charge in [-0.15, -0.1) is 0 Å². The minimum atomic E-state index is -0.554. The number of hydrogen-bond donors (Lipinski definition) is 3. The van der Waals surface area contributed by atoms with Gasteiger partial charge >= 0.3 is 0 Å². The van der Waals surface area contributed by atoms with Crippen LogP contribution in [0.3, 0.4) is 0 Å². The molecule has 1 aliphatic rings. The Morgan fingerprint density at radius 2 is 1.90 bits per heavy atom. The van der Waals surface area contributed by atoms with Crippen molar-refractivity contribution in [3.63, 3.8) is 0 Å². The molecule has 2 amide bonds. The average molecular weight is 428 g/mol. The van der Waals surface area contributed by atoms with Crippen LogP contribution in [0, 0.1) is 0 Å². The molecule has 3 N–H and O–H groups in total. The van der Waals surface area contributed by atoms with E-state index >= 15 is 0 Å². The monoisotopic (exact) mass is 427 g/mol. The molecule has 2 aromatic rings. The van der Waals surface area contributed by atoms with Crippen molar-refractivity contribution in [2.45, 2.75) is 38.0 Å². The van der Waals surface area contributed by atoms with Crippen molar-refractivity contribution in [3.05, 3.63) is 65.2 Å². The van der Waals surface area contributed by atoms with E-state index in [9.17, 15) is 9.59 Å². The van der Waals surface area contributed by atoms with E-state index in [1.165, 1.54) is 11.1 Å². The normalized spacial score (nSPS) is 16.3. The standard InChI is InChI=1S/C23H29N3O3S/c1-29-19-9-7-16(8-10-19)14-25-22(27)20(11-12-30-2)26-23(28)21-13-17-5-3-4-6-18(17)15-24-21/h3-10,20-21,24H,11-15H2,1-2H3,(H,25,27)(H,26,28)/t20-,21+/m0/s1. The second-order valence-corrected chi connectivity index (χ2v) is 8.30. The van der Waals surface area contributed by atoms with E-state index in [4.69, 9.17) is 4.74 Å². The molecule has 6 nitrogen and oxygen atoms in total. The van der Waals surface area contributed by atoms with Gasteiger partial charge in [0.05, 0.1) is 13.2 Å². The molecular weight excluding hydrogens is 398 g/mol.